The average Bonchev–Trinajstić information content (AvgIpc) is 2.46. The average molecular weight is 354 g/mol. The third kappa shape index (κ3) is 3.89. The first-order valence-corrected chi connectivity index (χ1v) is 7.76. The normalized spacial score (nSPS) is 12.4. The van der Waals surface area contributed by atoms with E-state index in [1.165, 1.54) is 12.1 Å². The minimum atomic E-state index is -0.354. The van der Waals surface area contributed by atoms with Gasteiger partial charge < -0.3 is 5.32 Å². The molecule has 0 heterocycles. The van der Waals surface area contributed by atoms with E-state index in [1.807, 2.05) is 26.0 Å². The van der Waals surface area contributed by atoms with Gasteiger partial charge in [0, 0.05) is 5.56 Å². The molecule has 0 amide bonds. The quantitative estimate of drug-likeness (QED) is 0.785. The molecule has 0 fully saturated rings. The Morgan fingerprint density at radius 1 is 1.10 bits per heavy atom. The predicted molar refractivity (Wildman–Crippen MR) is 85.4 cm³/mol. The molecule has 21 heavy (non-hydrogen) atoms. The van der Waals surface area contributed by atoms with Gasteiger partial charge in [-0.2, -0.15) is 0 Å². The zero-order valence-corrected chi connectivity index (χ0v) is 13.7. The minimum absolute atomic E-state index is 0.280. The van der Waals surface area contributed by atoms with E-state index in [4.69, 9.17) is 0 Å². The maximum atomic E-state index is 14.2. The molecule has 1 nitrogen and oxygen atoms in total. The molecule has 0 aliphatic carbocycles. The number of nitrogens with one attached hydrogen (secondary N) is 1. The monoisotopic (exact) mass is 353 g/mol. The lowest BCUT2D eigenvalue weighted by Gasteiger charge is -2.21. The highest BCUT2D eigenvalue weighted by molar-refractivity contribution is 9.10. The van der Waals surface area contributed by atoms with E-state index in [0.29, 0.717) is 15.6 Å². The molecule has 2 rings (SSSR count). The number of aryl methyl sites for hydroxylation is 1. The zero-order chi connectivity index (χ0) is 15.4. The lowest BCUT2D eigenvalue weighted by atomic mass is 9.96. The van der Waals surface area contributed by atoms with Crippen molar-refractivity contribution in [2.24, 2.45) is 0 Å². The molecule has 112 valence electrons. The van der Waals surface area contributed by atoms with Crippen molar-refractivity contribution in [3.63, 3.8) is 0 Å². The highest BCUT2D eigenvalue weighted by atomic mass is 79.9. The second-order valence-corrected chi connectivity index (χ2v) is 5.94. The molecule has 2 aromatic rings. The molecule has 0 aromatic heterocycles. The Morgan fingerprint density at radius 3 is 2.52 bits per heavy atom. The van der Waals surface area contributed by atoms with Crippen molar-refractivity contribution in [3.8, 4) is 0 Å². The number of benzene rings is 2. The van der Waals surface area contributed by atoms with Crippen LogP contribution in [0.1, 0.15) is 36.1 Å². The van der Waals surface area contributed by atoms with Crippen LogP contribution in [0.2, 0.25) is 0 Å². The fraction of sp³-hybridized carbons (Fsp3) is 0.294. The van der Waals surface area contributed by atoms with E-state index in [1.54, 1.807) is 12.1 Å². The minimum Gasteiger partial charge on any atom is -0.306 e. The summed E-state index contributed by atoms with van der Waals surface area (Å²) in [7, 11) is 0. The molecule has 0 bridgehead atoms. The molecule has 1 atom stereocenters. The van der Waals surface area contributed by atoms with Crippen LogP contribution in [-0.4, -0.2) is 6.54 Å². The molecule has 0 saturated heterocycles. The predicted octanol–water partition coefficient (Wildman–Crippen LogP) is 5.12. The highest BCUT2D eigenvalue weighted by Crippen LogP contribution is 2.28. The number of hydrogen-bond acceptors (Lipinski definition) is 1. The second kappa shape index (κ2) is 7.14. The largest absolute Gasteiger partial charge is 0.306 e. The lowest BCUT2D eigenvalue weighted by molar-refractivity contribution is 0.542. The van der Waals surface area contributed by atoms with Gasteiger partial charge in [-0.15, -0.1) is 0 Å². The molecular formula is C17H18BrF2N. The van der Waals surface area contributed by atoms with Crippen LogP contribution in [0.3, 0.4) is 0 Å². The maximum absolute atomic E-state index is 14.2. The first-order valence-electron chi connectivity index (χ1n) is 6.97. The first-order chi connectivity index (χ1) is 10.0. The number of halogens is 3. The molecule has 0 spiro atoms. The van der Waals surface area contributed by atoms with Crippen molar-refractivity contribution in [2.75, 3.05) is 6.54 Å². The summed E-state index contributed by atoms with van der Waals surface area (Å²) in [4.78, 5) is 0. The highest BCUT2D eigenvalue weighted by Gasteiger charge is 2.18. The van der Waals surface area contributed by atoms with Gasteiger partial charge in [-0.25, -0.2) is 8.78 Å². The van der Waals surface area contributed by atoms with E-state index >= 15 is 0 Å². The summed E-state index contributed by atoms with van der Waals surface area (Å²) in [5.41, 5.74) is 2.24. The van der Waals surface area contributed by atoms with Crippen molar-refractivity contribution in [2.45, 2.75) is 26.3 Å². The summed E-state index contributed by atoms with van der Waals surface area (Å²) < 4.78 is 28.4. The molecule has 2 aromatic carbocycles. The van der Waals surface area contributed by atoms with Gasteiger partial charge in [0.25, 0.3) is 0 Å². The van der Waals surface area contributed by atoms with E-state index in [-0.39, 0.29) is 17.7 Å². The van der Waals surface area contributed by atoms with E-state index in [2.05, 4.69) is 21.2 Å². The van der Waals surface area contributed by atoms with Gasteiger partial charge in [0.1, 0.15) is 11.6 Å². The molecule has 0 saturated carbocycles. The van der Waals surface area contributed by atoms with Crippen molar-refractivity contribution in [1.82, 2.24) is 5.32 Å². The Morgan fingerprint density at radius 2 is 1.86 bits per heavy atom. The third-order valence-electron chi connectivity index (χ3n) is 3.34. The van der Waals surface area contributed by atoms with Crippen LogP contribution in [-0.2, 0) is 0 Å². The molecule has 1 unspecified atom stereocenters. The zero-order valence-electron chi connectivity index (χ0n) is 12.1. The number of hydrogen-bond donors (Lipinski definition) is 1. The Labute approximate surface area is 132 Å². The summed E-state index contributed by atoms with van der Waals surface area (Å²) in [5, 5.41) is 3.29. The summed E-state index contributed by atoms with van der Waals surface area (Å²) in [5.74, 6) is -0.624. The first kappa shape index (κ1) is 16.1. The Kier molecular flexibility index (Phi) is 5.48. The topological polar surface area (TPSA) is 12.0 Å². The van der Waals surface area contributed by atoms with Gasteiger partial charge in [-0.3, -0.25) is 0 Å². The van der Waals surface area contributed by atoms with Crippen molar-refractivity contribution in [1.29, 1.82) is 0 Å². The van der Waals surface area contributed by atoms with Gasteiger partial charge in [0.05, 0.1) is 10.5 Å². The van der Waals surface area contributed by atoms with E-state index < -0.39 is 0 Å². The van der Waals surface area contributed by atoms with Crippen LogP contribution < -0.4 is 5.32 Å². The third-order valence-corrected chi connectivity index (χ3v) is 3.98. The van der Waals surface area contributed by atoms with E-state index in [0.717, 1.165) is 18.5 Å². The van der Waals surface area contributed by atoms with Gasteiger partial charge >= 0.3 is 0 Å². The van der Waals surface area contributed by atoms with Crippen molar-refractivity contribution >= 4 is 15.9 Å². The SMILES string of the molecule is CCCNC(c1ccc(Br)c(F)c1)c1cc(C)ccc1F. The molecule has 1 N–H and O–H groups in total. The molecular weight excluding hydrogens is 336 g/mol. The van der Waals surface area contributed by atoms with Crippen molar-refractivity contribution in [3.05, 3.63) is 69.2 Å². The smallest absolute Gasteiger partial charge is 0.137 e. The van der Waals surface area contributed by atoms with Gasteiger partial charge in [0.2, 0.25) is 0 Å². The van der Waals surface area contributed by atoms with Crippen LogP contribution in [0.4, 0.5) is 8.78 Å². The van der Waals surface area contributed by atoms with E-state index in [9.17, 15) is 8.78 Å². The maximum Gasteiger partial charge on any atom is 0.137 e. The van der Waals surface area contributed by atoms with Gasteiger partial charge in [-0.05, 0) is 59.6 Å². The molecule has 0 aliphatic heterocycles. The van der Waals surface area contributed by atoms with Gasteiger partial charge in [0.15, 0.2) is 0 Å². The fourth-order valence-electron chi connectivity index (χ4n) is 2.27. The molecule has 0 aliphatic rings. The van der Waals surface area contributed by atoms with Crippen LogP contribution >= 0.6 is 15.9 Å². The van der Waals surface area contributed by atoms with Gasteiger partial charge in [-0.1, -0.05) is 30.7 Å². The summed E-state index contributed by atoms with van der Waals surface area (Å²) in [6, 6.07) is 9.55. The van der Waals surface area contributed by atoms with Crippen LogP contribution in [0.5, 0.6) is 0 Å². The van der Waals surface area contributed by atoms with Crippen LogP contribution in [0.25, 0.3) is 0 Å². The Bertz CT molecular complexity index is 628. The standard InChI is InChI=1S/C17H18BrF2N/c1-3-8-21-17(12-5-6-14(18)16(20)10-12)13-9-11(2)4-7-15(13)19/h4-7,9-10,17,21H,3,8H2,1-2H3. The summed E-state index contributed by atoms with van der Waals surface area (Å²) >= 11 is 3.14. The summed E-state index contributed by atoms with van der Waals surface area (Å²) in [6.45, 7) is 4.69. The molecule has 0 radical (unpaired) electrons. The Balaban J connectivity index is 2.46. The molecule has 4 heteroatoms. The fourth-order valence-corrected chi connectivity index (χ4v) is 2.52. The van der Waals surface area contributed by atoms with Crippen LogP contribution in [0.15, 0.2) is 40.9 Å². The van der Waals surface area contributed by atoms with Crippen molar-refractivity contribution < 1.29 is 8.78 Å². The van der Waals surface area contributed by atoms with Crippen LogP contribution in [0, 0.1) is 18.6 Å². The number of rotatable bonds is 5. The lowest BCUT2D eigenvalue weighted by Crippen LogP contribution is -2.24. The summed E-state index contributed by atoms with van der Waals surface area (Å²) in [6.07, 6.45) is 0.920. The Hall–Kier alpha value is -1.26. The second-order valence-electron chi connectivity index (χ2n) is 5.09.